The van der Waals surface area contributed by atoms with Gasteiger partial charge in [-0.3, -0.25) is 5.32 Å². The Morgan fingerprint density at radius 3 is 2.34 bits per heavy atom. The Bertz CT molecular complexity index is 927. The molecule has 0 heterocycles. The molecule has 2 aromatic carbocycles. The van der Waals surface area contributed by atoms with Gasteiger partial charge in [0, 0.05) is 11.1 Å². The minimum absolute atomic E-state index is 0.0359. The number of halogens is 6. The van der Waals surface area contributed by atoms with Crippen molar-refractivity contribution < 1.29 is 36.6 Å². The molecule has 0 radical (unpaired) electrons. The van der Waals surface area contributed by atoms with Gasteiger partial charge < -0.3 is 14.8 Å². The van der Waals surface area contributed by atoms with Crippen molar-refractivity contribution in [2.75, 3.05) is 12.4 Å². The number of benzene rings is 2. The van der Waals surface area contributed by atoms with Crippen LogP contribution in [-0.2, 0) is 9.53 Å². The van der Waals surface area contributed by atoms with Crippen molar-refractivity contribution in [3.8, 4) is 5.75 Å². The topological polar surface area (TPSA) is 76.7 Å². The summed E-state index contributed by atoms with van der Waals surface area (Å²) in [7, 11) is 0.658. The quantitative estimate of drug-likeness (QED) is 0.387. The Hall–Kier alpha value is -2.72. The van der Waals surface area contributed by atoms with Gasteiger partial charge >= 0.3 is 23.9 Å². The molecule has 0 aliphatic rings. The molecule has 0 saturated carbocycles. The predicted octanol–water partition coefficient (Wildman–Crippen LogP) is 4.76. The maximum Gasteiger partial charge on any atom is 0.460 e. The highest BCUT2D eigenvalue weighted by atomic mass is 35.5. The summed E-state index contributed by atoms with van der Waals surface area (Å²) in [4.78, 5) is 24.3. The van der Waals surface area contributed by atoms with Crippen LogP contribution in [-0.4, -0.2) is 31.0 Å². The lowest BCUT2D eigenvalue weighted by Gasteiger charge is -2.33. The third-order valence-electron chi connectivity index (χ3n) is 3.41. The van der Waals surface area contributed by atoms with Gasteiger partial charge in [-0.25, -0.2) is 14.0 Å². The molecule has 0 aromatic heterocycles. The first-order valence-electron chi connectivity index (χ1n) is 7.62. The fraction of sp³-hybridized carbons (Fsp3) is 0.176. The summed E-state index contributed by atoms with van der Waals surface area (Å²) in [6, 6.07) is 5.87. The third kappa shape index (κ3) is 5.21. The fourth-order valence-corrected chi connectivity index (χ4v) is 2.46. The van der Waals surface area contributed by atoms with Crippen LogP contribution in [0.4, 0.5) is 28.0 Å². The molecule has 2 rings (SSSR count). The standard InChI is InChI=1S/C17H12Cl2F4N2O4/c1-28-14(26)16(17(21,22)23,29-11-4-2-3-10(20)8-11)25-15(27)24-13-7-9(18)5-6-12(13)19/h2-8H,1H3,(H2,24,25,27). The van der Waals surface area contributed by atoms with Crippen molar-refractivity contribution in [3.05, 3.63) is 58.3 Å². The maximum absolute atomic E-state index is 13.8. The highest BCUT2D eigenvalue weighted by molar-refractivity contribution is 6.35. The molecule has 2 amide bonds. The first-order chi connectivity index (χ1) is 13.5. The van der Waals surface area contributed by atoms with Gasteiger partial charge in [0.1, 0.15) is 11.6 Å². The van der Waals surface area contributed by atoms with Crippen LogP contribution in [0.2, 0.25) is 10.0 Å². The van der Waals surface area contributed by atoms with Crippen molar-refractivity contribution in [2.45, 2.75) is 11.9 Å². The summed E-state index contributed by atoms with van der Waals surface area (Å²) in [5.74, 6) is -3.62. The Kier molecular flexibility index (Phi) is 6.81. The number of amides is 2. The number of carbonyl (C=O) groups is 2. The molecular weight excluding hydrogens is 443 g/mol. The van der Waals surface area contributed by atoms with Gasteiger partial charge in [0.15, 0.2) is 0 Å². The number of ether oxygens (including phenoxy) is 2. The molecule has 0 aliphatic heterocycles. The van der Waals surface area contributed by atoms with Gasteiger partial charge in [-0.05, 0) is 30.3 Å². The van der Waals surface area contributed by atoms with Gasteiger partial charge in [-0.2, -0.15) is 13.2 Å². The molecule has 0 fully saturated rings. The van der Waals surface area contributed by atoms with E-state index in [-0.39, 0.29) is 15.7 Å². The van der Waals surface area contributed by atoms with Crippen molar-refractivity contribution in [1.82, 2.24) is 5.32 Å². The van der Waals surface area contributed by atoms with Crippen molar-refractivity contribution in [2.24, 2.45) is 0 Å². The number of anilines is 1. The average Bonchev–Trinajstić information content (AvgIpc) is 2.62. The van der Waals surface area contributed by atoms with Crippen LogP contribution in [0.3, 0.4) is 0 Å². The van der Waals surface area contributed by atoms with E-state index in [9.17, 15) is 27.2 Å². The summed E-state index contributed by atoms with van der Waals surface area (Å²) in [5, 5.41) is 3.51. The molecule has 2 N–H and O–H groups in total. The van der Waals surface area contributed by atoms with Gasteiger partial charge in [0.25, 0.3) is 0 Å². The average molecular weight is 455 g/mol. The van der Waals surface area contributed by atoms with Crippen LogP contribution in [0.1, 0.15) is 0 Å². The van der Waals surface area contributed by atoms with Gasteiger partial charge in [-0.1, -0.05) is 29.3 Å². The van der Waals surface area contributed by atoms with E-state index in [0.29, 0.717) is 13.2 Å². The highest BCUT2D eigenvalue weighted by Crippen LogP contribution is 2.35. The van der Waals surface area contributed by atoms with Crippen LogP contribution in [0.5, 0.6) is 5.75 Å². The molecular formula is C17H12Cl2F4N2O4. The number of carbonyl (C=O) groups excluding carboxylic acids is 2. The predicted molar refractivity (Wildman–Crippen MR) is 96.4 cm³/mol. The van der Waals surface area contributed by atoms with E-state index in [1.165, 1.54) is 23.5 Å². The van der Waals surface area contributed by atoms with Crippen LogP contribution < -0.4 is 15.4 Å². The van der Waals surface area contributed by atoms with Gasteiger partial charge in [0.05, 0.1) is 17.8 Å². The molecule has 29 heavy (non-hydrogen) atoms. The Morgan fingerprint density at radius 1 is 1.07 bits per heavy atom. The normalized spacial score (nSPS) is 13.2. The first-order valence-corrected chi connectivity index (χ1v) is 8.38. The van der Waals surface area contributed by atoms with E-state index in [0.717, 1.165) is 18.2 Å². The van der Waals surface area contributed by atoms with E-state index in [2.05, 4.69) is 4.74 Å². The lowest BCUT2D eigenvalue weighted by atomic mass is 10.2. The van der Waals surface area contributed by atoms with Crippen molar-refractivity contribution in [3.63, 3.8) is 0 Å². The highest BCUT2D eigenvalue weighted by Gasteiger charge is 2.66. The van der Waals surface area contributed by atoms with E-state index in [1.54, 1.807) is 0 Å². The molecule has 0 spiro atoms. The molecule has 0 aliphatic carbocycles. The van der Waals surface area contributed by atoms with Crippen LogP contribution in [0.15, 0.2) is 42.5 Å². The van der Waals surface area contributed by atoms with Crippen molar-refractivity contribution >= 4 is 40.9 Å². The van der Waals surface area contributed by atoms with Crippen LogP contribution in [0, 0.1) is 5.82 Å². The van der Waals surface area contributed by atoms with Gasteiger partial charge in [-0.15, -0.1) is 0 Å². The smallest absolute Gasteiger partial charge is 0.460 e. The molecule has 12 heteroatoms. The van der Waals surface area contributed by atoms with E-state index in [1.807, 2.05) is 5.32 Å². The molecule has 0 saturated heterocycles. The van der Waals surface area contributed by atoms with E-state index >= 15 is 0 Å². The van der Waals surface area contributed by atoms with Crippen LogP contribution >= 0.6 is 23.2 Å². The Balaban J connectivity index is 2.42. The SMILES string of the molecule is COC(=O)C(NC(=O)Nc1cc(Cl)ccc1Cl)(Oc1cccc(F)c1)C(F)(F)F. The summed E-state index contributed by atoms with van der Waals surface area (Å²) < 4.78 is 63.7. The molecule has 0 bridgehead atoms. The summed E-state index contributed by atoms with van der Waals surface area (Å²) in [6.45, 7) is 0. The number of alkyl halides is 3. The second kappa shape index (κ2) is 8.75. The number of nitrogens with one attached hydrogen (secondary N) is 2. The summed E-state index contributed by atoms with van der Waals surface area (Å²) in [5.41, 5.74) is -4.12. The molecule has 1 atom stereocenters. The number of hydrogen-bond donors (Lipinski definition) is 2. The summed E-state index contributed by atoms with van der Waals surface area (Å²) >= 11 is 11.6. The second-order valence-corrected chi connectivity index (χ2v) is 6.28. The Morgan fingerprint density at radius 2 is 1.76 bits per heavy atom. The van der Waals surface area contributed by atoms with E-state index < -0.39 is 35.5 Å². The minimum Gasteiger partial charge on any atom is -0.464 e. The van der Waals surface area contributed by atoms with E-state index in [4.69, 9.17) is 27.9 Å². The number of esters is 1. The zero-order chi connectivity index (χ0) is 21.8. The first kappa shape index (κ1) is 22.6. The lowest BCUT2D eigenvalue weighted by Crippen LogP contribution is -2.68. The monoisotopic (exact) mass is 454 g/mol. The number of urea groups is 1. The number of hydrogen-bond acceptors (Lipinski definition) is 4. The number of methoxy groups -OCH3 is 1. The fourth-order valence-electron chi connectivity index (χ4n) is 2.12. The summed E-state index contributed by atoms with van der Waals surface area (Å²) in [6.07, 6.45) is -5.50. The maximum atomic E-state index is 13.8. The lowest BCUT2D eigenvalue weighted by molar-refractivity contribution is -0.258. The third-order valence-corrected chi connectivity index (χ3v) is 3.97. The van der Waals surface area contributed by atoms with Gasteiger partial charge in [0.2, 0.25) is 0 Å². The Labute approximate surface area is 171 Å². The molecule has 2 aromatic rings. The number of rotatable bonds is 5. The minimum atomic E-state index is -5.50. The van der Waals surface area contributed by atoms with Crippen LogP contribution in [0.25, 0.3) is 0 Å². The molecule has 1 unspecified atom stereocenters. The van der Waals surface area contributed by atoms with Crippen molar-refractivity contribution in [1.29, 1.82) is 0 Å². The molecule has 156 valence electrons. The zero-order valence-corrected chi connectivity index (χ0v) is 16.0. The molecule has 6 nitrogen and oxygen atoms in total. The second-order valence-electron chi connectivity index (χ2n) is 5.43. The zero-order valence-electron chi connectivity index (χ0n) is 14.4. The largest absolute Gasteiger partial charge is 0.464 e.